The summed E-state index contributed by atoms with van der Waals surface area (Å²) < 4.78 is 7.80. The first-order valence-corrected chi connectivity index (χ1v) is 21.4. The second kappa shape index (κ2) is 13.0. The molecule has 0 fully saturated rings. The van der Waals surface area contributed by atoms with Crippen LogP contribution in [0.5, 0.6) is 0 Å². The molecule has 0 aliphatic heterocycles. The molecule has 0 amide bonds. The lowest BCUT2D eigenvalue weighted by Gasteiger charge is -2.11. The van der Waals surface area contributed by atoms with Crippen LogP contribution in [0.15, 0.2) is 176 Å². The first-order chi connectivity index (χ1) is 28.2. The molecule has 3 nitrogen and oxygen atoms in total. The molecule has 266 valence electrons. The predicted molar refractivity (Wildman–Crippen MR) is 246 cm³/mol. The number of benzene rings is 8. The van der Waals surface area contributed by atoms with Crippen molar-refractivity contribution in [3.05, 3.63) is 176 Å². The second-order valence-corrected chi connectivity index (χ2v) is 17.4. The molecule has 6 heteroatoms. The summed E-state index contributed by atoms with van der Waals surface area (Å²) in [5.74, 6) is 1.99. The van der Waals surface area contributed by atoms with E-state index in [4.69, 9.17) is 15.0 Å². The molecule has 8 aromatic carbocycles. The Bertz CT molecular complexity index is 3470. The smallest absolute Gasteiger partial charge is 0.164 e. The van der Waals surface area contributed by atoms with Crippen molar-refractivity contribution in [2.75, 3.05) is 0 Å². The van der Waals surface area contributed by atoms with Gasteiger partial charge in [-0.05, 0) is 23.8 Å². The zero-order valence-electron chi connectivity index (χ0n) is 30.3. The molecule has 0 aliphatic rings. The summed E-state index contributed by atoms with van der Waals surface area (Å²) in [6.45, 7) is 0. The number of aromatic nitrogens is 3. The maximum Gasteiger partial charge on any atom is 0.164 e. The molecule has 4 aromatic heterocycles. The van der Waals surface area contributed by atoms with Gasteiger partial charge in [-0.1, -0.05) is 158 Å². The molecule has 0 atom stereocenters. The Morgan fingerprint density at radius 2 is 0.737 bits per heavy atom. The Labute approximate surface area is 339 Å². The second-order valence-electron chi connectivity index (χ2n) is 14.3. The van der Waals surface area contributed by atoms with E-state index >= 15 is 0 Å². The summed E-state index contributed by atoms with van der Waals surface area (Å²) in [6.07, 6.45) is 0. The number of fused-ring (bicyclic) bond motifs is 9. The van der Waals surface area contributed by atoms with Crippen molar-refractivity contribution in [1.29, 1.82) is 0 Å². The van der Waals surface area contributed by atoms with Gasteiger partial charge in [-0.2, -0.15) is 0 Å². The van der Waals surface area contributed by atoms with Crippen molar-refractivity contribution >= 4 is 94.5 Å². The summed E-state index contributed by atoms with van der Waals surface area (Å²) in [5.41, 5.74) is 8.02. The van der Waals surface area contributed by atoms with E-state index in [-0.39, 0.29) is 0 Å². The van der Waals surface area contributed by atoms with E-state index in [0.717, 1.165) is 16.7 Å². The lowest BCUT2D eigenvalue weighted by atomic mass is 9.93. The molecular formula is C51H29N3S3. The minimum absolute atomic E-state index is 0.664. The van der Waals surface area contributed by atoms with E-state index < -0.39 is 0 Å². The molecule has 57 heavy (non-hydrogen) atoms. The van der Waals surface area contributed by atoms with Crippen molar-refractivity contribution in [3.8, 4) is 56.4 Å². The molecule has 0 bridgehead atoms. The standard InChI is InChI=1S/C51H29N3S3/c1-3-13-30(14-4-1)49-52-50(31-15-5-2-6-16-31)54-51(53-49)32-25-26-34-37-20-11-21-38(46(37)57-44(34)29-32)35-27-28-40(48-45(35)41-18-8-10-24-43(41)56-48)39-22-12-19-36-33-17-7-9-23-42(33)55-47(36)39/h1-29H. The summed E-state index contributed by atoms with van der Waals surface area (Å²) >= 11 is 5.65. The maximum absolute atomic E-state index is 5.03. The van der Waals surface area contributed by atoms with Crippen LogP contribution in [0, 0.1) is 0 Å². The van der Waals surface area contributed by atoms with Gasteiger partial charge < -0.3 is 0 Å². The fourth-order valence-electron chi connectivity index (χ4n) is 8.31. The summed E-state index contributed by atoms with van der Waals surface area (Å²) in [4.78, 5) is 15.0. The van der Waals surface area contributed by atoms with Crippen LogP contribution in [-0.4, -0.2) is 15.0 Å². The fraction of sp³-hybridized carbons (Fsp3) is 0. The third kappa shape index (κ3) is 5.26. The van der Waals surface area contributed by atoms with E-state index in [1.165, 1.54) is 82.8 Å². The van der Waals surface area contributed by atoms with Crippen molar-refractivity contribution < 1.29 is 0 Å². The highest BCUT2D eigenvalue weighted by Gasteiger charge is 2.21. The molecule has 12 rings (SSSR count). The topological polar surface area (TPSA) is 38.7 Å². The van der Waals surface area contributed by atoms with Crippen LogP contribution in [0.2, 0.25) is 0 Å². The van der Waals surface area contributed by atoms with Crippen molar-refractivity contribution in [2.45, 2.75) is 0 Å². The van der Waals surface area contributed by atoms with Gasteiger partial charge in [0.25, 0.3) is 0 Å². The van der Waals surface area contributed by atoms with Gasteiger partial charge in [0.15, 0.2) is 17.5 Å². The van der Waals surface area contributed by atoms with Crippen LogP contribution in [0.3, 0.4) is 0 Å². The van der Waals surface area contributed by atoms with Crippen LogP contribution in [0.1, 0.15) is 0 Å². The number of rotatable bonds is 5. The number of nitrogens with zero attached hydrogens (tertiary/aromatic N) is 3. The normalized spacial score (nSPS) is 11.9. The van der Waals surface area contributed by atoms with Crippen LogP contribution in [0.4, 0.5) is 0 Å². The third-order valence-electron chi connectivity index (χ3n) is 11.0. The monoisotopic (exact) mass is 779 g/mol. The summed E-state index contributed by atoms with van der Waals surface area (Å²) in [5, 5.41) is 7.77. The average Bonchev–Trinajstić information content (AvgIpc) is 3.98. The van der Waals surface area contributed by atoms with Crippen molar-refractivity contribution in [1.82, 2.24) is 15.0 Å². The minimum atomic E-state index is 0.664. The zero-order valence-corrected chi connectivity index (χ0v) is 32.8. The van der Waals surface area contributed by atoms with Crippen LogP contribution in [0.25, 0.3) is 117 Å². The first kappa shape index (κ1) is 32.7. The SMILES string of the molecule is c1ccc(-c2nc(-c3ccccc3)nc(-c3ccc4c(c3)sc3c(-c5ccc(-c6cccc7c6sc6ccccc67)c6sc7ccccc7c56)cccc34)n2)cc1. The molecule has 0 saturated heterocycles. The Hall–Kier alpha value is -6.57. The molecule has 0 aliphatic carbocycles. The Balaban J connectivity index is 1.04. The van der Waals surface area contributed by atoms with E-state index in [1.807, 2.05) is 70.4 Å². The summed E-state index contributed by atoms with van der Waals surface area (Å²) in [7, 11) is 0. The Morgan fingerprint density at radius 1 is 0.281 bits per heavy atom. The summed E-state index contributed by atoms with van der Waals surface area (Å²) in [6, 6.07) is 63.0. The van der Waals surface area contributed by atoms with Crippen molar-refractivity contribution in [3.63, 3.8) is 0 Å². The van der Waals surface area contributed by atoms with Gasteiger partial charge in [0, 0.05) is 93.9 Å². The largest absolute Gasteiger partial charge is 0.208 e. The lowest BCUT2D eigenvalue weighted by Crippen LogP contribution is -1.99. The molecule has 0 spiro atoms. The Morgan fingerprint density at radius 3 is 1.40 bits per heavy atom. The van der Waals surface area contributed by atoms with E-state index in [1.54, 1.807) is 0 Å². The number of hydrogen-bond acceptors (Lipinski definition) is 6. The van der Waals surface area contributed by atoms with Gasteiger partial charge >= 0.3 is 0 Å². The minimum Gasteiger partial charge on any atom is -0.208 e. The van der Waals surface area contributed by atoms with Gasteiger partial charge in [-0.3, -0.25) is 0 Å². The highest BCUT2D eigenvalue weighted by molar-refractivity contribution is 7.28. The molecule has 0 unspecified atom stereocenters. The predicted octanol–water partition coefficient (Wildman–Crippen LogP) is 15.3. The van der Waals surface area contributed by atoms with Gasteiger partial charge in [-0.25, -0.2) is 15.0 Å². The van der Waals surface area contributed by atoms with Crippen LogP contribution >= 0.6 is 34.0 Å². The molecular weight excluding hydrogens is 751 g/mol. The lowest BCUT2D eigenvalue weighted by molar-refractivity contribution is 1.07. The first-order valence-electron chi connectivity index (χ1n) is 18.9. The van der Waals surface area contributed by atoms with Gasteiger partial charge in [0.1, 0.15) is 0 Å². The van der Waals surface area contributed by atoms with Crippen LogP contribution < -0.4 is 0 Å². The van der Waals surface area contributed by atoms with Gasteiger partial charge in [0.2, 0.25) is 0 Å². The number of hydrogen-bond donors (Lipinski definition) is 0. The van der Waals surface area contributed by atoms with Crippen molar-refractivity contribution in [2.24, 2.45) is 0 Å². The van der Waals surface area contributed by atoms with Gasteiger partial charge in [-0.15, -0.1) is 34.0 Å². The fourth-order valence-corrected chi connectivity index (χ4v) is 12.1. The highest BCUT2D eigenvalue weighted by Crippen LogP contribution is 2.50. The van der Waals surface area contributed by atoms with E-state index in [9.17, 15) is 0 Å². The Kier molecular flexibility index (Phi) is 7.45. The highest BCUT2D eigenvalue weighted by atomic mass is 32.1. The quantitative estimate of drug-likeness (QED) is 0.175. The molecule has 12 aromatic rings. The third-order valence-corrected chi connectivity index (χ3v) is 14.6. The number of thiophene rings is 3. The van der Waals surface area contributed by atoms with E-state index in [2.05, 4.69) is 140 Å². The molecule has 0 saturated carbocycles. The maximum atomic E-state index is 5.03. The van der Waals surface area contributed by atoms with Crippen LogP contribution in [-0.2, 0) is 0 Å². The molecule has 0 radical (unpaired) electrons. The average molecular weight is 780 g/mol. The molecule has 4 heterocycles. The van der Waals surface area contributed by atoms with Gasteiger partial charge in [0.05, 0.1) is 0 Å². The molecule has 0 N–H and O–H groups in total. The van der Waals surface area contributed by atoms with E-state index in [0.29, 0.717) is 17.5 Å². The zero-order chi connectivity index (χ0) is 37.5.